The van der Waals surface area contributed by atoms with Gasteiger partial charge in [0.1, 0.15) is 0 Å². The summed E-state index contributed by atoms with van der Waals surface area (Å²) in [6, 6.07) is 7.05. The molecule has 1 heterocycles. The van der Waals surface area contributed by atoms with Crippen LogP contribution in [0.3, 0.4) is 0 Å². The molecule has 0 fully saturated rings. The molecule has 2 N–H and O–H groups in total. The molecule has 3 nitrogen and oxygen atoms in total. The fourth-order valence-electron chi connectivity index (χ4n) is 1.91. The minimum Gasteiger partial charge on any atom is -0.398 e. The first kappa shape index (κ1) is 15.4. The number of carbonyl (C=O) groups excluding carboxylic acids is 1. The number of hydrogen-bond acceptors (Lipinski definition) is 3. The van der Waals surface area contributed by atoms with Crippen LogP contribution in [0.2, 0.25) is 0 Å². The van der Waals surface area contributed by atoms with Gasteiger partial charge in [-0.15, -0.1) is 11.3 Å². The lowest BCUT2D eigenvalue weighted by molar-refractivity contribution is -0.136. The molecule has 0 spiro atoms. The first-order valence-electron chi connectivity index (χ1n) is 6.04. The van der Waals surface area contributed by atoms with E-state index in [4.69, 9.17) is 5.73 Å². The van der Waals surface area contributed by atoms with Crippen LogP contribution in [0.1, 0.15) is 20.8 Å². The largest absolute Gasteiger partial charge is 0.418 e. The van der Waals surface area contributed by atoms with Crippen LogP contribution in [0.25, 0.3) is 0 Å². The van der Waals surface area contributed by atoms with E-state index < -0.39 is 23.3 Å². The first-order chi connectivity index (χ1) is 9.80. The molecule has 0 atom stereocenters. The average molecular weight is 314 g/mol. The summed E-state index contributed by atoms with van der Waals surface area (Å²) >= 11 is 1.47. The first-order valence-corrected chi connectivity index (χ1v) is 6.92. The Balaban J connectivity index is 2.27. The Hall–Kier alpha value is -2.02. The van der Waals surface area contributed by atoms with Gasteiger partial charge < -0.3 is 10.6 Å². The van der Waals surface area contributed by atoms with Crippen LogP contribution in [0, 0.1) is 0 Å². The van der Waals surface area contributed by atoms with E-state index in [0.717, 1.165) is 10.9 Å². The van der Waals surface area contributed by atoms with Gasteiger partial charge in [0, 0.05) is 11.9 Å². The van der Waals surface area contributed by atoms with Crippen LogP contribution in [-0.2, 0) is 12.7 Å². The predicted octanol–water partition coefficient (Wildman–Crippen LogP) is 3.62. The molecule has 2 rings (SSSR count). The molecule has 21 heavy (non-hydrogen) atoms. The summed E-state index contributed by atoms with van der Waals surface area (Å²) in [4.78, 5) is 14.5. The zero-order valence-corrected chi connectivity index (χ0v) is 12.0. The van der Waals surface area contributed by atoms with Gasteiger partial charge in [-0.3, -0.25) is 4.79 Å². The van der Waals surface area contributed by atoms with Crippen molar-refractivity contribution in [2.45, 2.75) is 12.7 Å². The fraction of sp³-hybridized carbons (Fsp3) is 0.214. The van der Waals surface area contributed by atoms with E-state index in [1.165, 1.54) is 35.4 Å². The molecule has 0 aliphatic rings. The quantitative estimate of drug-likeness (QED) is 0.880. The van der Waals surface area contributed by atoms with E-state index in [1.807, 2.05) is 17.5 Å². The van der Waals surface area contributed by atoms with Gasteiger partial charge in [-0.1, -0.05) is 12.1 Å². The third-order valence-electron chi connectivity index (χ3n) is 2.96. The van der Waals surface area contributed by atoms with E-state index in [9.17, 15) is 18.0 Å². The molecule has 112 valence electrons. The molecule has 1 aromatic heterocycles. The number of nitrogens with zero attached hydrogens (tertiary/aromatic N) is 1. The van der Waals surface area contributed by atoms with Crippen LogP contribution in [0.5, 0.6) is 0 Å². The molecule has 0 unspecified atom stereocenters. The van der Waals surface area contributed by atoms with E-state index in [1.54, 1.807) is 0 Å². The summed E-state index contributed by atoms with van der Waals surface area (Å²) in [5.41, 5.74) is 3.86. The summed E-state index contributed by atoms with van der Waals surface area (Å²) in [5, 5.41) is 1.87. The molecule has 0 radical (unpaired) electrons. The standard InChI is InChI=1S/C14H13F3N2OS/c1-19(8-9-4-3-7-21-9)13(20)10-5-2-6-11(12(10)18)14(15,16)17/h2-7H,8,18H2,1H3. The number of carbonyl (C=O) groups is 1. The van der Waals surface area contributed by atoms with Crippen molar-refractivity contribution in [3.63, 3.8) is 0 Å². The Bertz CT molecular complexity index is 638. The lowest BCUT2D eigenvalue weighted by Crippen LogP contribution is -2.27. The number of halogens is 3. The van der Waals surface area contributed by atoms with E-state index in [0.29, 0.717) is 6.54 Å². The van der Waals surface area contributed by atoms with Crippen molar-refractivity contribution in [2.24, 2.45) is 0 Å². The molecule has 0 saturated carbocycles. The molecular formula is C14H13F3N2OS. The Kier molecular flexibility index (Phi) is 4.22. The van der Waals surface area contributed by atoms with E-state index >= 15 is 0 Å². The molecule has 0 saturated heterocycles. The van der Waals surface area contributed by atoms with Crippen LogP contribution >= 0.6 is 11.3 Å². The van der Waals surface area contributed by atoms with Gasteiger partial charge in [-0.2, -0.15) is 13.2 Å². The highest BCUT2D eigenvalue weighted by Gasteiger charge is 2.34. The highest BCUT2D eigenvalue weighted by atomic mass is 32.1. The molecule has 0 bridgehead atoms. The minimum atomic E-state index is -4.58. The summed E-state index contributed by atoms with van der Waals surface area (Å²) in [5.74, 6) is -0.535. The number of benzene rings is 1. The number of anilines is 1. The third kappa shape index (κ3) is 3.36. The number of hydrogen-bond donors (Lipinski definition) is 1. The zero-order chi connectivity index (χ0) is 15.6. The lowest BCUT2D eigenvalue weighted by atomic mass is 10.1. The van der Waals surface area contributed by atoms with E-state index in [2.05, 4.69) is 0 Å². The Morgan fingerprint density at radius 3 is 2.57 bits per heavy atom. The maximum absolute atomic E-state index is 12.8. The van der Waals surface area contributed by atoms with Crippen molar-refractivity contribution in [1.29, 1.82) is 0 Å². The van der Waals surface area contributed by atoms with Crippen molar-refractivity contribution in [3.8, 4) is 0 Å². The van der Waals surface area contributed by atoms with Crippen LogP contribution < -0.4 is 5.73 Å². The second-order valence-corrected chi connectivity index (χ2v) is 5.54. The van der Waals surface area contributed by atoms with Gasteiger partial charge >= 0.3 is 6.18 Å². The Morgan fingerprint density at radius 2 is 2.00 bits per heavy atom. The van der Waals surface area contributed by atoms with Crippen molar-refractivity contribution in [1.82, 2.24) is 4.90 Å². The molecule has 0 aliphatic heterocycles. The monoisotopic (exact) mass is 314 g/mol. The van der Waals surface area contributed by atoms with E-state index in [-0.39, 0.29) is 5.56 Å². The summed E-state index contributed by atoms with van der Waals surface area (Å²) < 4.78 is 38.4. The lowest BCUT2D eigenvalue weighted by Gasteiger charge is -2.19. The number of rotatable bonds is 3. The fourth-order valence-corrected chi connectivity index (χ4v) is 2.67. The van der Waals surface area contributed by atoms with Crippen molar-refractivity contribution < 1.29 is 18.0 Å². The Labute approximate surface area is 123 Å². The highest BCUT2D eigenvalue weighted by molar-refractivity contribution is 7.09. The highest BCUT2D eigenvalue weighted by Crippen LogP contribution is 2.35. The van der Waals surface area contributed by atoms with Crippen LogP contribution in [0.15, 0.2) is 35.7 Å². The predicted molar refractivity (Wildman–Crippen MR) is 76.0 cm³/mol. The molecule has 1 aromatic carbocycles. The van der Waals surface area contributed by atoms with Crippen LogP contribution in [-0.4, -0.2) is 17.9 Å². The van der Waals surface area contributed by atoms with Gasteiger partial charge in [0.2, 0.25) is 0 Å². The maximum Gasteiger partial charge on any atom is 0.418 e. The summed E-state index contributed by atoms with van der Waals surface area (Å²) in [7, 11) is 1.53. The topological polar surface area (TPSA) is 46.3 Å². The summed E-state index contributed by atoms with van der Waals surface area (Å²) in [6.45, 7) is 0.326. The minimum absolute atomic E-state index is 0.135. The number of nitrogen functional groups attached to an aromatic ring is 1. The zero-order valence-electron chi connectivity index (χ0n) is 11.1. The average Bonchev–Trinajstić information content (AvgIpc) is 2.89. The normalized spacial score (nSPS) is 11.4. The van der Waals surface area contributed by atoms with Gasteiger partial charge in [-0.25, -0.2) is 0 Å². The van der Waals surface area contributed by atoms with Gasteiger partial charge in [-0.05, 0) is 23.6 Å². The number of nitrogens with two attached hydrogens (primary N) is 1. The van der Waals surface area contributed by atoms with Crippen molar-refractivity contribution in [2.75, 3.05) is 12.8 Å². The number of amides is 1. The molecule has 0 aliphatic carbocycles. The second-order valence-electron chi connectivity index (χ2n) is 4.51. The smallest absolute Gasteiger partial charge is 0.398 e. The number of para-hydroxylation sites is 1. The second kappa shape index (κ2) is 5.77. The maximum atomic E-state index is 12.8. The molecule has 2 aromatic rings. The van der Waals surface area contributed by atoms with Crippen molar-refractivity contribution in [3.05, 3.63) is 51.7 Å². The SMILES string of the molecule is CN(Cc1cccs1)C(=O)c1cccc(C(F)(F)F)c1N. The third-order valence-corrected chi connectivity index (χ3v) is 3.82. The van der Waals surface area contributed by atoms with Crippen LogP contribution in [0.4, 0.5) is 18.9 Å². The van der Waals surface area contributed by atoms with Gasteiger partial charge in [0.05, 0.1) is 23.4 Å². The molecular weight excluding hydrogens is 301 g/mol. The number of alkyl halides is 3. The number of thiophene rings is 1. The molecule has 1 amide bonds. The van der Waals surface area contributed by atoms with Gasteiger partial charge in [0.15, 0.2) is 0 Å². The Morgan fingerprint density at radius 1 is 1.29 bits per heavy atom. The van der Waals surface area contributed by atoms with Crippen molar-refractivity contribution >= 4 is 22.9 Å². The van der Waals surface area contributed by atoms with Gasteiger partial charge in [0.25, 0.3) is 5.91 Å². The summed E-state index contributed by atoms with van der Waals surface area (Å²) in [6.07, 6.45) is -4.58. The molecule has 7 heteroatoms.